The van der Waals surface area contributed by atoms with Gasteiger partial charge >= 0.3 is 5.97 Å². The van der Waals surface area contributed by atoms with E-state index in [0.29, 0.717) is 16.4 Å². The normalized spacial score (nSPS) is 19.8. The highest BCUT2D eigenvalue weighted by molar-refractivity contribution is 8.06. The third-order valence-electron chi connectivity index (χ3n) is 5.19. The number of pyridine rings is 1. The predicted octanol–water partition coefficient (Wildman–Crippen LogP) is 0.728. The number of thiazole rings is 1. The van der Waals surface area contributed by atoms with Crippen LogP contribution in [0, 0.1) is 0 Å². The third-order valence-corrected chi connectivity index (χ3v) is 8.39. The van der Waals surface area contributed by atoms with E-state index in [9.17, 15) is 23.9 Å². The third kappa shape index (κ3) is 5.11. The summed E-state index contributed by atoms with van der Waals surface area (Å²) < 4.78 is 14.4. The SMILES string of the molecule is C[n+]1ccccc1SCC1=C(C(=O)O)N2C(=O)C(NC(=O)C(=NOCF)c3csc(N)n3)C2CS1. The number of amides is 2. The van der Waals surface area contributed by atoms with Crippen LogP contribution in [0.4, 0.5) is 9.52 Å². The van der Waals surface area contributed by atoms with Crippen molar-refractivity contribution in [1.82, 2.24) is 15.2 Å². The predicted molar refractivity (Wildman–Crippen MR) is 128 cm³/mol. The van der Waals surface area contributed by atoms with Crippen LogP contribution in [0.3, 0.4) is 0 Å². The number of carbonyl (C=O) groups excluding carboxylic acids is 2. The summed E-state index contributed by atoms with van der Waals surface area (Å²) in [5.74, 6) is -1.82. The number of aryl methyl sites for hydroxylation is 1. The molecule has 2 amide bonds. The summed E-state index contributed by atoms with van der Waals surface area (Å²) in [6.45, 7) is -1.26. The first-order valence-corrected chi connectivity index (χ1v) is 12.9. The fraction of sp³-hybridized carbons (Fsp3) is 0.300. The molecular formula is C20H20FN6O5S3+. The zero-order valence-electron chi connectivity index (χ0n) is 18.2. The van der Waals surface area contributed by atoms with Gasteiger partial charge in [-0.1, -0.05) is 16.9 Å². The highest BCUT2D eigenvalue weighted by atomic mass is 32.2. The number of alkyl halides is 1. The molecule has 0 spiro atoms. The molecule has 11 nitrogen and oxygen atoms in total. The van der Waals surface area contributed by atoms with Crippen LogP contribution in [0.2, 0.25) is 0 Å². The Morgan fingerprint density at radius 2 is 2.29 bits per heavy atom. The molecule has 0 bridgehead atoms. The van der Waals surface area contributed by atoms with E-state index in [1.807, 2.05) is 36.0 Å². The maximum atomic E-state index is 12.9. The minimum absolute atomic E-state index is 0.0691. The van der Waals surface area contributed by atoms with Crippen LogP contribution in [0.5, 0.6) is 0 Å². The van der Waals surface area contributed by atoms with Gasteiger partial charge in [-0.15, -0.1) is 23.1 Å². The van der Waals surface area contributed by atoms with Crippen LogP contribution >= 0.6 is 34.9 Å². The van der Waals surface area contributed by atoms with Crippen molar-refractivity contribution in [2.45, 2.75) is 17.1 Å². The molecule has 2 aliphatic rings. The molecule has 35 heavy (non-hydrogen) atoms. The average molecular weight is 540 g/mol. The number of carboxylic acids is 1. The van der Waals surface area contributed by atoms with Crippen LogP contribution in [0.15, 0.2) is 50.6 Å². The van der Waals surface area contributed by atoms with Crippen LogP contribution in [-0.2, 0) is 26.3 Å². The number of hydrogen-bond donors (Lipinski definition) is 3. The van der Waals surface area contributed by atoms with Crippen molar-refractivity contribution in [3.8, 4) is 0 Å². The van der Waals surface area contributed by atoms with Gasteiger partial charge < -0.3 is 21.0 Å². The highest BCUT2D eigenvalue weighted by Gasteiger charge is 2.54. The van der Waals surface area contributed by atoms with Gasteiger partial charge in [0.1, 0.15) is 24.5 Å². The summed E-state index contributed by atoms with van der Waals surface area (Å²) in [5, 5.41) is 18.4. The van der Waals surface area contributed by atoms with E-state index < -0.39 is 36.7 Å². The molecule has 0 saturated carbocycles. The molecule has 1 fully saturated rings. The second-order valence-corrected chi connectivity index (χ2v) is 10.3. The highest BCUT2D eigenvalue weighted by Crippen LogP contribution is 2.40. The molecule has 2 unspecified atom stereocenters. The van der Waals surface area contributed by atoms with Crippen molar-refractivity contribution in [3.63, 3.8) is 0 Å². The molecule has 2 atom stereocenters. The Balaban J connectivity index is 1.50. The van der Waals surface area contributed by atoms with E-state index in [4.69, 9.17) is 5.73 Å². The van der Waals surface area contributed by atoms with E-state index in [1.54, 1.807) is 0 Å². The van der Waals surface area contributed by atoms with E-state index >= 15 is 0 Å². The minimum Gasteiger partial charge on any atom is -0.477 e. The first-order valence-electron chi connectivity index (χ1n) is 10.1. The topological polar surface area (TPSA) is 151 Å². The number of fused-ring (bicyclic) bond motifs is 1. The number of nitrogens with one attached hydrogen (secondary N) is 1. The zero-order valence-corrected chi connectivity index (χ0v) is 20.7. The lowest BCUT2D eigenvalue weighted by Crippen LogP contribution is -2.73. The fourth-order valence-electron chi connectivity index (χ4n) is 3.57. The molecule has 2 aliphatic heterocycles. The van der Waals surface area contributed by atoms with Gasteiger partial charge in [0.05, 0.1) is 6.04 Å². The van der Waals surface area contributed by atoms with Crippen molar-refractivity contribution in [2.24, 2.45) is 12.2 Å². The van der Waals surface area contributed by atoms with Crippen molar-refractivity contribution in [3.05, 3.63) is 46.1 Å². The number of halogens is 1. The molecule has 2 aromatic heterocycles. The summed E-state index contributed by atoms with van der Waals surface area (Å²) in [5.41, 5.74) is 5.24. The lowest BCUT2D eigenvalue weighted by atomic mass is 9.94. The van der Waals surface area contributed by atoms with Gasteiger partial charge in [0.2, 0.25) is 5.03 Å². The first kappa shape index (κ1) is 24.9. The second kappa shape index (κ2) is 10.6. The number of rotatable bonds is 9. The Morgan fingerprint density at radius 1 is 1.49 bits per heavy atom. The van der Waals surface area contributed by atoms with E-state index in [1.165, 1.54) is 33.8 Å². The molecule has 4 heterocycles. The Hall–Kier alpha value is -3.17. The average Bonchev–Trinajstić information content (AvgIpc) is 3.27. The summed E-state index contributed by atoms with van der Waals surface area (Å²) in [7, 11) is 1.89. The number of carbonyl (C=O) groups is 3. The van der Waals surface area contributed by atoms with E-state index in [0.717, 1.165) is 16.4 Å². The van der Waals surface area contributed by atoms with Crippen molar-refractivity contribution in [2.75, 3.05) is 24.1 Å². The molecule has 4 N–H and O–H groups in total. The van der Waals surface area contributed by atoms with Gasteiger partial charge in [0.25, 0.3) is 18.7 Å². The first-order chi connectivity index (χ1) is 16.8. The number of β-lactam (4-membered cyclic amide) rings is 1. The van der Waals surface area contributed by atoms with E-state index in [2.05, 4.69) is 20.3 Å². The molecule has 4 rings (SSSR count). The van der Waals surface area contributed by atoms with Gasteiger partial charge in [-0.25, -0.2) is 14.2 Å². The van der Waals surface area contributed by atoms with Gasteiger partial charge in [0.15, 0.2) is 17.0 Å². The smallest absolute Gasteiger partial charge is 0.353 e. The standard InChI is InChI=1S/C20H19FN6O5S3/c1-26-5-3-2-4-13(26)34-8-12-16(19(30)31)27-11(7-33-12)15(18(27)29)24-17(28)14(25-32-9-21)10-6-35-20(22)23-10/h2-6,11,15H,7-9H2,1H3,(H3-,22,23,24,28,30,31)/p+1. The molecule has 1 saturated heterocycles. The van der Waals surface area contributed by atoms with Crippen molar-refractivity contribution < 1.29 is 33.3 Å². The Kier molecular flexibility index (Phi) is 7.57. The summed E-state index contributed by atoms with van der Waals surface area (Å²) in [6, 6.07) is 4.16. The Bertz CT molecular complexity index is 1240. The summed E-state index contributed by atoms with van der Waals surface area (Å²) in [6.07, 6.45) is 1.89. The molecule has 0 aromatic carbocycles. The second-order valence-electron chi connectivity index (χ2n) is 7.30. The maximum Gasteiger partial charge on any atom is 0.353 e. The molecule has 15 heteroatoms. The van der Waals surface area contributed by atoms with Crippen LogP contribution < -0.4 is 15.6 Å². The quantitative estimate of drug-likeness (QED) is 0.138. The zero-order chi connectivity index (χ0) is 25.1. The molecule has 2 aromatic rings. The lowest BCUT2D eigenvalue weighted by Gasteiger charge is -2.49. The van der Waals surface area contributed by atoms with Gasteiger partial charge in [-0.2, -0.15) is 4.57 Å². The largest absolute Gasteiger partial charge is 0.477 e. The van der Waals surface area contributed by atoms with Crippen molar-refractivity contribution in [1.29, 1.82) is 0 Å². The van der Waals surface area contributed by atoms with Crippen LogP contribution in [-0.4, -0.2) is 68.9 Å². The number of anilines is 1. The van der Waals surface area contributed by atoms with Gasteiger partial charge in [-0.05, 0) is 6.07 Å². The van der Waals surface area contributed by atoms with E-state index in [-0.39, 0.29) is 22.2 Å². The number of hydrogen-bond acceptors (Lipinski definition) is 10. The number of nitrogen functional groups attached to an aromatic ring is 1. The van der Waals surface area contributed by atoms with Crippen LogP contribution in [0.25, 0.3) is 0 Å². The number of thioether (sulfide) groups is 2. The Morgan fingerprint density at radius 3 is 2.94 bits per heavy atom. The van der Waals surface area contributed by atoms with Gasteiger partial charge in [0, 0.05) is 33.9 Å². The number of nitrogens with two attached hydrogens (primary N) is 1. The number of carboxylic acid groups (broad SMARTS) is 1. The number of aromatic nitrogens is 2. The monoisotopic (exact) mass is 539 g/mol. The molecule has 184 valence electrons. The number of nitrogens with zero attached hydrogens (tertiary/aromatic N) is 4. The Labute approximate surface area is 211 Å². The summed E-state index contributed by atoms with van der Waals surface area (Å²) >= 11 is 3.85. The number of oxime groups is 1. The fourth-order valence-corrected chi connectivity index (χ4v) is 6.52. The molecular weight excluding hydrogens is 519 g/mol. The molecule has 0 aliphatic carbocycles. The molecule has 0 radical (unpaired) electrons. The van der Waals surface area contributed by atoms with Crippen molar-refractivity contribution >= 4 is 63.5 Å². The van der Waals surface area contributed by atoms with Crippen LogP contribution in [0.1, 0.15) is 5.69 Å². The maximum absolute atomic E-state index is 12.9. The summed E-state index contributed by atoms with van der Waals surface area (Å²) in [4.78, 5) is 47.9. The number of aliphatic carboxylic acids is 1. The minimum atomic E-state index is -1.26. The lowest BCUT2D eigenvalue weighted by molar-refractivity contribution is -0.708. The van der Waals surface area contributed by atoms with Gasteiger partial charge in [-0.3, -0.25) is 14.5 Å².